The minimum absolute atomic E-state index is 0.147. The zero-order valence-electron chi connectivity index (χ0n) is 9.23. The molecule has 0 aliphatic heterocycles. The molecule has 0 fully saturated rings. The molecule has 1 heterocycles. The van der Waals surface area contributed by atoms with Crippen LogP contribution in [0.25, 0.3) is 0 Å². The third kappa shape index (κ3) is 3.34. The Kier molecular flexibility index (Phi) is 3.99. The quantitative estimate of drug-likeness (QED) is 0.797. The number of aromatic nitrogens is 1. The molecule has 0 radical (unpaired) electrons. The molecule has 1 rings (SSSR count). The van der Waals surface area contributed by atoms with Crippen molar-refractivity contribution in [2.75, 3.05) is 0 Å². The Labute approximate surface area is 93.5 Å². The molecule has 0 bridgehead atoms. The lowest BCUT2D eigenvalue weighted by Gasteiger charge is -2.17. The molecular weight excluding hydrogens is 208 g/mol. The van der Waals surface area contributed by atoms with Gasteiger partial charge in [-0.05, 0) is 24.1 Å². The van der Waals surface area contributed by atoms with Gasteiger partial charge in [-0.25, -0.2) is 0 Å². The van der Waals surface area contributed by atoms with Gasteiger partial charge in [0.15, 0.2) is 0 Å². The third-order valence-corrected chi connectivity index (χ3v) is 2.21. The van der Waals surface area contributed by atoms with E-state index >= 15 is 0 Å². The molecule has 0 aromatic carbocycles. The van der Waals surface area contributed by atoms with Crippen LogP contribution in [0.2, 0.25) is 0 Å². The Hall–Kier alpha value is -1.91. The highest BCUT2D eigenvalue weighted by Crippen LogP contribution is 2.19. The fourth-order valence-corrected chi connectivity index (χ4v) is 1.50. The lowest BCUT2D eigenvalue weighted by atomic mass is 10.0. The number of hydrogen-bond donors (Lipinski definition) is 2. The Balaban J connectivity index is 2.96. The number of nitrogens with one attached hydrogen (secondary N) is 1. The molecule has 1 amide bonds. The number of carbonyl (C=O) groups is 2. The first-order valence-electron chi connectivity index (χ1n) is 4.90. The molecule has 0 spiro atoms. The molecule has 86 valence electrons. The number of rotatable bonds is 4. The van der Waals surface area contributed by atoms with Gasteiger partial charge in [0, 0.05) is 19.3 Å². The van der Waals surface area contributed by atoms with Crippen molar-refractivity contribution in [1.29, 1.82) is 0 Å². The predicted octanol–water partition coefficient (Wildman–Crippen LogP) is 1.04. The molecule has 0 aliphatic carbocycles. The summed E-state index contributed by atoms with van der Waals surface area (Å²) in [6.45, 7) is 3.22. The summed E-state index contributed by atoms with van der Waals surface area (Å²) in [5.41, 5.74) is 1.65. The average molecular weight is 222 g/mol. The first kappa shape index (κ1) is 12.2. The average Bonchev–Trinajstić information content (AvgIpc) is 2.15. The summed E-state index contributed by atoms with van der Waals surface area (Å²) in [5.74, 6) is -1.21. The zero-order valence-corrected chi connectivity index (χ0v) is 9.23. The molecule has 2 N–H and O–H groups in total. The standard InChI is InChI=1S/C11H14N2O3/c1-7-3-4-12-6-9(7)10(5-11(15)16)13-8(2)14/h3-4,6,10H,5H2,1-2H3,(H,13,14)(H,15,16)/t10-/m1/s1. The first-order valence-corrected chi connectivity index (χ1v) is 4.90. The number of nitrogens with zero attached hydrogens (tertiary/aromatic N) is 1. The van der Waals surface area contributed by atoms with Crippen molar-refractivity contribution < 1.29 is 14.7 Å². The number of aryl methyl sites for hydroxylation is 1. The Bertz CT molecular complexity index is 388. The van der Waals surface area contributed by atoms with E-state index in [1.165, 1.54) is 6.92 Å². The van der Waals surface area contributed by atoms with Crippen LogP contribution < -0.4 is 5.32 Å². The van der Waals surface area contributed by atoms with Crippen molar-refractivity contribution in [3.8, 4) is 0 Å². The van der Waals surface area contributed by atoms with Crippen LogP contribution in [-0.4, -0.2) is 22.0 Å². The van der Waals surface area contributed by atoms with Crippen molar-refractivity contribution in [1.82, 2.24) is 10.3 Å². The lowest BCUT2D eigenvalue weighted by Crippen LogP contribution is -2.28. The van der Waals surface area contributed by atoms with Crippen molar-refractivity contribution in [2.45, 2.75) is 26.3 Å². The van der Waals surface area contributed by atoms with Gasteiger partial charge in [0.2, 0.25) is 5.91 Å². The summed E-state index contributed by atoms with van der Waals surface area (Å²) in [6.07, 6.45) is 3.06. The Morgan fingerprint density at radius 3 is 2.75 bits per heavy atom. The van der Waals surface area contributed by atoms with Crippen molar-refractivity contribution in [3.63, 3.8) is 0 Å². The van der Waals surface area contributed by atoms with E-state index in [1.54, 1.807) is 18.5 Å². The van der Waals surface area contributed by atoms with Crippen molar-refractivity contribution in [3.05, 3.63) is 29.6 Å². The maximum Gasteiger partial charge on any atom is 0.305 e. The maximum absolute atomic E-state index is 11.0. The number of hydrogen-bond acceptors (Lipinski definition) is 3. The number of pyridine rings is 1. The maximum atomic E-state index is 11.0. The van der Waals surface area contributed by atoms with E-state index in [4.69, 9.17) is 5.11 Å². The summed E-state index contributed by atoms with van der Waals surface area (Å²) >= 11 is 0. The minimum atomic E-state index is -0.956. The van der Waals surface area contributed by atoms with Gasteiger partial charge < -0.3 is 10.4 Å². The van der Waals surface area contributed by atoms with Crippen LogP contribution in [0.5, 0.6) is 0 Å². The highest BCUT2D eigenvalue weighted by Gasteiger charge is 2.18. The Morgan fingerprint density at radius 2 is 2.25 bits per heavy atom. The molecule has 0 aliphatic rings. The normalized spacial score (nSPS) is 11.9. The summed E-state index contributed by atoms with van der Waals surface area (Å²) < 4.78 is 0. The molecule has 1 aromatic rings. The summed E-state index contributed by atoms with van der Waals surface area (Å²) in [6, 6.07) is 1.26. The van der Waals surface area contributed by atoms with Crippen LogP contribution in [0, 0.1) is 6.92 Å². The third-order valence-electron chi connectivity index (χ3n) is 2.21. The van der Waals surface area contributed by atoms with E-state index in [0.29, 0.717) is 0 Å². The predicted molar refractivity (Wildman–Crippen MR) is 57.8 cm³/mol. The van der Waals surface area contributed by atoms with Crippen LogP contribution in [0.4, 0.5) is 0 Å². The van der Waals surface area contributed by atoms with E-state index in [1.807, 2.05) is 6.92 Å². The van der Waals surface area contributed by atoms with Gasteiger partial charge >= 0.3 is 5.97 Å². The van der Waals surface area contributed by atoms with Crippen LogP contribution in [0.15, 0.2) is 18.5 Å². The fourth-order valence-electron chi connectivity index (χ4n) is 1.50. The van der Waals surface area contributed by atoms with Crippen LogP contribution in [0.3, 0.4) is 0 Å². The Morgan fingerprint density at radius 1 is 1.56 bits per heavy atom. The van der Waals surface area contributed by atoms with E-state index < -0.39 is 12.0 Å². The molecule has 1 aromatic heterocycles. The van der Waals surface area contributed by atoms with Crippen LogP contribution in [0.1, 0.15) is 30.5 Å². The largest absolute Gasteiger partial charge is 0.481 e. The first-order chi connectivity index (χ1) is 7.50. The highest BCUT2D eigenvalue weighted by atomic mass is 16.4. The fraction of sp³-hybridized carbons (Fsp3) is 0.364. The molecule has 0 saturated heterocycles. The van der Waals surface area contributed by atoms with Crippen LogP contribution >= 0.6 is 0 Å². The van der Waals surface area contributed by atoms with E-state index in [9.17, 15) is 9.59 Å². The van der Waals surface area contributed by atoms with Gasteiger partial charge in [-0.1, -0.05) is 0 Å². The smallest absolute Gasteiger partial charge is 0.305 e. The second-order valence-electron chi connectivity index (χ2n) is 3.58. The highest BCUT2D eigenvalue weighted by molar-refractivity contribution is 5.75. The van der Waals surface area contributed by atoms with Gasteiger partial charge in [0.05, 0.1) is 12.5 Å². The number of amides is 1. The summed E-state index contributed by atoms with van der Waals surface area (Å²) in [7, 11) is 0. The topological polar surface area (TPSA) is 79.3 Å². The lowest BCUT2D eigenvalue weighted by molar-refractivity contribution is -0.137. The number of aliphatic carboxylic acids is 1. The van der Waals surface area contributed by atoms with Gasteiger partial charge in [-0.2, -0.15) is 0 Å². The number of carboxylic acid groups (broad SMARTS) is 1. The van der Waals surface area contributed by atoms with E-state index in [-0.39, 0.29) is 12.3 Å². The SMILES string of the molecule is CC(=O)N[C@H](CC(=O)O)c1cnccc1C. The van der Waals surface area contributed by atoms with Gasteiger partial charge in [0.1, 0.15) is 0 Å². The van der Waals surface area contributed by atoms with E-state index in [0.717, 1.165) is 11.1 Å². The molecule has 0 saturated carbocycles. The van der Waals surface area contributed by atoms with Gasteiger partial charge in [-0.15, -0.1) is 0 Å². The molecule has 5 nitrogen and oxygen atoms in total. The summed E-state index contributed by atoms with van der Waals surface area (Å²) in [5, 5.41) is 11.4. The van der Waals surface area contributed by atoms with Crippen molar-refractivity contribution in [2.24, 2.45) is 0 Å². The minimum Gasteiger partial charge on any atom is -0.481 e. The van der Waals surface area contributed by atoms with Gasteiger partial charge in [0.25, 0.3) is 0 Å². The summed E-state index contributed by atoms with van der Waals surface area (Å²) in [4.78, 5) is 25.6. The molecule has 0 unspecified atom stereocenters. The molecule has 5 heteroatoms. The molecule has 16 heavy (non-hydrogen) atoms. The van der Waals surface area contributed by atoms with Crippen molar-refractivity contribution >= 4 is 11.9 Å². The zero-order chi connectivity index (χ0) is 12.1. The van der Waals surface area contributed by atoms with E-state index in [2.05, 4.69) is 10.3 Å². The molecule has 1 atom stereocenters. The van der Waals surface area contributed by atoms with Crippen LogP contribution in [-0.2, 0) is 9.59 Å². The second-order valence-corrected chi connectivity index (χ2v) is 3.58. The molecular formula is C11H14N2O3. The second kappa shape index (κ2) is 5.25. The number of carbonyl (C=O) groups excluding carboxylic acids is 1. The monoisotopic (exact) mass is 222 g/mol. The van der Waals surface area contributed by atoms with Gasteiger partial charge in [-0.3, -0.25) is 14.6 Å². The number of carboxylic acids is 1.